The van der Waals surface area contributed by atoms with E-state index in [1.54, 1.807) is 22.9 Å². The first-order chi connectivity index (χ1) is 15.0. The second-order valence-electron chi connectivity index (χ2n) is 8.69. The summed E-state index contributed by atoms with van der Waals surface area (Å²) in [5.41, 5.74) is 0.945. The highest BCUT2D eigenvalue weighted by Crippen LogP contribution is 2.29. The van der Waals surface area contributed by atoms with Gasteiger partial charge in [-0.25, -0.2) is 0 Å². The third-order valence-corrected chi connectivity index (χ3v) is 6.25. The van der Waals surface area contributed by atoms with Gasteiger partial charge < -0.3 is 15.0 Å². The van der Waals surface area contributed by atoms with E-state index in [9.17, 15) is 14.7 Å². The molecule has 0 aliphatic heterocycles. The predicted molar refractivity (Wildman–Crippen MR) is 124 cm³/mol. The average Bonchev–Trinajstić information content (AvgIpc) is 2.77. The fourth-order valence-electron chi connectivity index (χ4n) is 4.55. The van der Waals surface area contributed by atoms with Crippen molar-refractivity contribution in [2.75, 3.05) is 5.32 Å². The van der Waals surface area contributed by atoms with Crippen LogP contribution in [0.4, 0.5) is 5.69 Å². The summed E-state index contributed by atoms with van der Waals surface area (Å²) in [6, 6.07) is 17.4. The van der Waals surface area contributed by atoms with Crippen LogP contribution in [-0.2, 0) is 17.8 Å². The first kappa shape index (κ1) is 21.3. The van der Waals surface area contributed by atoms with E-state index in [-0.39, 0.29) is 11.5 Å². The van der Waals surface area contributed by atoms with Gasteiger partial charge >= 0.3 is 0 Å². The second kappa shape index (κ2) is 9.48. The van der Waals surface area contributed by atoms with E-state index in [1.165, 1.54) is 5.56 Å². The summed E-state index contributed by atoms with van der Waals surface area (Å²) in [5.74, 6) is -0.0517. The Bertz CT molecular complexity index is 1100. The molecule has 5 heteroatoms. The van der Waals surface area contributed by atoms with Crippen LogP contribution in [-0.4, -0.2) is 21.2 Å². The van der Waals surface area contributed by atoms with Crippen LogP contribution < -0.4 is 10.9 Å². The van der Waals surface area contributed by atoms with Gasteiger partial charge in [0.1, 0.15) is 0 Å². The van der Waals surface area contributed by atoms with E-state index in [2.05, 4.69) is 17.4 Å². The molecule has 0 unspecified atom stereocenters. The zero-order chi connectivity index (χ0) is 21.7. The molecule has 31 heavy (non-hydrogen) atoms. The summed E-state index contributed by atoms with van der Waals surface area (Å²) in [5, 5.41) is 15.1. The van der Waals surface area contributed by atoms with Crippen molar-refractivity contribution in [2.24, 2.45) is 0 Å². The quantitative estimate of drug-likeness (QED) is 0.586. The van der Waals surface area contributed by atoms with Gasteiger partial charge in [0.2, 0.25) is 5.91 Å². The molecule has 3 aromatic rings. The largest absolute Gasteiger partial charge is 0.388 e. The van der Waals surface area contributed by atoms with Crippen LogP contribution in [0.1, 0.15) is 50.5 Å². The van der Waals surface area contributed by atoms with Gasteiger partial charge in [0.15, 0.2) is 0 Å². The maximum Gasteiger partial charge on any atom is 0.258 e. The third-order valence-electron chi connectivity index (χ3n) is 6.25. The van der Waals surface area contributed by atoms with Crippen molar-refractivity contribution in [3.05, 3.63) is 76.7 Å². The lowest BCUT2D eigenvalue weighted by atomic mass is 9.85. The summed E-state index contributed by atoms with van der Waals surface area (Å²) in [6.45, 7) is 0.317. The van der Waals surface area contributed by atoms with Gasteiger partial charge in [-0.15, -0.1) is 0 Å². The molecule has 1 fully saturated rings. The highest BCUT2D eigenvalue weighted by molar-refractivity contribution is 6.01. The first-order valence-corrected chi connectivity index (χ1v) is 11.2. The summed E-state index contributed by atoms with van der Waals surface area (Å²) >= 11 is 0. The lowest BCUT2D eigenvalue weighted by molar-refractivity contribution is -0.116. The van der Waals surface area contributed by atoms with Crippen molar-refractivity contribution >= 4 is 22.4 Å². The molecule has 162 valence electrons. The molecule has 0 bridgehead atoms. The van der Waals surface area contributed by atoms with Crippen LogP contribution in [0.25, 0.3) is 10.8 Å². The number of aryl methyl sites for hydroxylation is 1. The highest BCUT2D eigenvalue weighted by atomic mass is 16.3. The number of benzene rings is 2. The van der Waals surface area contributed by atoms with Gasteiger partial charge in [0.05, 0.1) is 12.1 Å². The number of anilines is 1. The second-order valence-corrected chi connectivity index (χ2v) is 8.69. The van der Waals surface area contributed by atoms with Crippen molar-refractivity contribution < 1.29 is 9.90 Å². The zero-order valence-electron chi connectivity index (χ0n) is 17.8. The molecule has 1 aliphatic carbocycles. The molecular formula is C26H30N2O3. The number of aliphatic hydroxyl groups is 1. The highest BCUT2D eigenvalue weighted by Gasteiger charge is 2.30. The number of aromatic nitrogens is 1. The molecule has 1 amide bonds. The fraction of sp³-hybridized carbons (Fsp3) is 0.385. The molecule has 2 N–H and O–H groups in total. The number of amides is 1. The molecule has 0 saturated heterocycles. The zero-order valence-corrected chi connectivity index (χ0v) is 17.8. The van der Waals surface area contributed by atoms with Gasteiger partial charge in [-0.1, -0.05) is 55.7 Å². The Morgan fingerprint density at radius 3 is 2.52 bits per heavy atom. The van der Waals surface area contributed by atoms with E-state index in [0.29, 0.717) is 24.0 Å². The van der Waals surface area contributed by atoms with Gasteiger partial charge in [-0.3, -0.25) is 9.59 Å². The minimum absolute atomic E-state index is 0.0517. The van der Waals surface area contributed by atoms with E-state index in [0.717, 1.165) is 50.3 Å². The molecule has 4 rings (SSSR count). The summed E-state index contributed by atoms with van der Waals surface area (Å²) in [6.07, 6.45) is 8.40. The molecule has 2 aromatic carbocycles. The Hall–Kier alpha value is -2.92. The van der Waals surface area contributed by atoms with E-state index in [4.69, 9.17) is 0 Å². The van der Waals surface area contributed by atoms with Crippen molar-refractivity contribution in [1.29, 1.82) is 0 Å². The maximum absolute atomic E-state index is 13.1. The number of hydrogen-bond acceptors (Lipinski definition) is 3. The monoisotopic (exact) mass is 418 g/mol. The van der Waals surface area contributed by atoms with Crippen molar-refractivity contribution in [2.45, 2.75) is 63.5 Å². The summed E-state index contributed by atoms with van der Waals surface area (Å²) < 4.78 is 1.61. The standard InChI is InChI=1S/C26H30N2O3/c29-24(14-7-11-20-9-3-1-4-10-20)27-23-13-8-12-22-21(23)15-18-28(25(22)30)19-26(31)16-5-2-6-17-26/h1,3-4,8-10,12-13,15,18,31H,2,5-7,11,14,16-17,19H2,(H,27,29). The normalized spacial score (nSPS) is 15.6. The fourth-order valence-corrected chi connectivity index (χ4v) is 4.55. The van der Waals surface area contributed by atoms with Gasteiger partial charge in [-0.2, -0.15) is 0 Å². The Morgan fingerprint density at radius 2 is 1.74 bits per heavy atom. The first-order valence-electron chi connectivity index (χ1n) is 11.2. The number of fused-ring (bicyclic) bond motifs is 1. The topological polar surface area (TPSA) is 71.3 Å². The summed E-state index contributed by atoms with van der Waals surface area (Å²) in [4.78, 5) is 25.5. The molecule has 1 heterocycles. The molecule has 0 radical (unpaired) electrons. The van der Waals surface area contributed by atoms with Crippen molar-refractivity contribution in [3.63, 3.8) is 0 Å². The predicted octanol–water partition coefficient (Wildman–Crippen LogP) is 4.66. The molecule has 1 aliphatic rings. The number of carbonyl (C=O) groups is 1. The van der Waals surface area contributed by atoms with Gasteiger partial charge in [-0.05, 0) is 49.4 Å². The summed E-state index contributed by atoms with van der Waals surface area (Å²) in [7, 11) is 0. The smallest absolute Gasteiger partial charge is 0.258 e. The minimum atomic E-state index is -0.805. The van der Waals surface area contributed by atoms with E-state index < -0.39 is 5.60 Å². The van der Waals surface area contributed by atoms with Crippen LogP contribution in [0.5, 0.6) is 0 Å². The van der Waals surface area contributed by atoms with Crippen LogP contribution >= 0.6 is 0 Å². The van der Waals surface area contributed by atoms with Crippen molar-refractivity contribution in [1.82, 2.24) is 4.57 Å². The van der Waals surface area contributed by atoms with Gasteiger partial charge in [0.25, 0.3) is 5.56 Å². The number of rotatable bonds is 7. The Morgan fingerprint density at radius 1 is 0.968 bits per heavy atom. The third kappa shape index (κ3) is 5.23. The van der Waals surface area contributed by atoms with Crippen LogP contribution in [0.3, 0.4) is 0 Å². The molecule has 5 nitrogen and oxygen atoms in total. The number of nitrogens with zero attached hydrogens (tertiary/aromatic N) is 1. The number of nitrogens with one attached hydrogen (secondary N) is 1. The number of hydrogen-bond donors (Lipinski definition) is 2. The molecular weight excluding hydrogens is 388 g/mol. The Kier molecular flexibility index (Phi) is 6.52. The molecule has 0 atom stereocenters. The number of pyridine rings is 1. The minimum Gasteiger partial charge on any atom is -0.388 e. The lowest BCUT2D eigenvalue weighted by Gasteiger charge is -2.32. The van der Waals surface area contributed by atoms with Crippen LogP contribution in [0.15, 0.2) is 65.6 Å². The Labute approximate surface area is 182 Å². The van der Waals surface area contributed by atoms with Crippen molar-refractivity contribution in [3.8, 4) is 0 Å². The lowest BCUT2D eigenvalue weighted by Crippen LogP contribution is -2.39. The molecule has 1 aromatic heterocycles. The van der Waals surface area contributed by atoms with Crippen LogP contribution in [0.2, 0.25) is 0 Å². The van der Waals surface area contributed by atoms with Crippen LogP contribution in [0, 0.1) is 0 Å². The number of carbonyl (C=O) groups excluding carboxylic acids is 1. The van der Waals surface area contributed by atoms with E-state index >= 15 is 0 Å². The SMILES string of the molecule is O=C(CCCc1ccccc1)Nc1cccc2c(=O)n(CC3(O)CCCCC3)ccc12. The van der Waals surface area contributed by atoms with E-state index in [1.807, 2.05) is 30.3 Å². The van der Waals surface area contributed by atoms with Gasteiger partial charge in [0, 0.05) is 29.1 Å². The maximum atomic E-state index is 13.1. The molecule has 1 saturated carbocycles. The average molecular weight is 419 g/mol. The molecule has 0 spiro atoms. The Balaban J connectivity index is 1.45.